The molecule has 0 aromatic heterocycles. The topological polar surface area (TPSA) is 54.4 Å². The van der Waals surface area contributed by atoms with E-state index >= 15 is 0 Å². The summed E-state index contributed by atoms with van der Waals surface area (Å²) in [4.78, 5) is 20.0. The van der Waals surface area contributed by atoms with E-state index in [0.717, 1.165) is 5.65 Å². The first-order valence-corrected chi connectivity index (χ1v) is 7.21. The van der Waals surface area contributed by atoms with Crippen LogP contribution < -0.4 is 0 Å². The van der Waals surface area contributed by atoms with Crippen molar-refractivity contribution in [1.82, 2.24) is 0 Å². The SMILES string of the molecule is I.[B]C(=O)CSCCC(=O)O.[B]CSCCC. The molecule has 4 radical (unpaired) electrons. The van der Waals surface area contributed by atoms with Gasteiger partial charge in [0, 0.05) is 11.5 Å². The standard InChI is InChI=1S/C5H7BO3S.C4H9BS.HI/c6-4(7)3-10-2-1-5(8)9;1-2-3-6-4-5;/h1-3H2,(H,8,9);2-4H2,1H3;1H. The molecule has 0 aromatic carbocycles. The molecule has 0 spiro atoms. The van der Waals surface area contributed by atoms with E-state index in [1.807, 2.05) is 0 Å². The van der Waals surface area contributed by atoms with E-state index in [9.17, 15) is 9.59 Å². The first-order valence-electron chi connectivity index (χ1n) is 4.90. The van der Waals surface area contributed by atoms with Gasteiger partial charge in [-0.15, -0.1) is 24.0 Å². The van der Waals surface area contributed by atoms with Gasteiger partial charge in [0.25, 0.3) is 0 Å². The minimum atomic E-state index is -0.850. The lowest BCUT2D eigenvalue weighted by atomic mass is 10.1. The van der Waals surface area contributed by atoms with Crippen molar-refractivity contribution in [2.24, 2.45) is 0 Å². The molecule has 0 heterocycles. The highest BCUT2D eigenvalue weighted by atomic mass is 127. The second-order valence-corrected chi connectivity index (χ2v) is 4.99. The molecule has 0 fully saturated rings. The number of hydrogen-bond donors (Lipinski definition) is 1. The van der Waals surface area contributed by atoms with Crippen molar-refractivity contribution in [2.75, 3.05) is 22.9 Å². The molecule has 0 amide bonds. The summed E-state index contributed by atoms with van der Waals surface area (Å²) in [5, 5.41) is 8.15. The molecule has 0 aliphatic rings. The molecule has 0 saturated carbocycles. The summed E-state index contributed by atoms with van der Waals surface area (Å²) in [6.07, 6.45) is 1.32. The monoisotopic (exact) mass is 386 g/mol. The highest BCUT2D eigenvalue weighted by Gasteiger charge is 1.97. The number of carbonyl (C=O) groups is 2. The normalized spacial score (nSPS) is 8.53. The molecule has 17 heavy (non-hydrogen) atoms. The average Bonchev–Trinajstić information content (AvgIpc) is 2.22. The third kappa shape index (κ3) is 31.5. The van der Waals surface area contributed by atoms with Crippen molar-refractivity contribution in [3.05, 3.63) is 0 Å². The number of carboxylic acid groups (broad SMARTS) is 1. The quantitative estimate of drug-likeness (QED) is 0.392. The first kappa shape index (κ1) is 22.8. The van der Waals surface area contributed by atoms with Crippen LogP contribution in [0.25, 0.3) is 0 Å². The summed E-state index contributed by atoms with van der Waals surface area (Å²) in [5.41, 5.74) is 0.365. The Bertz CT molecular complexity index is 177. The molecule has 0 saturated heterocycles. The van der Waals surface area contributed by atoms with E-state index in [0.29, 0.717) is 5.75 Å². The van der Waals surface area contributed by atoms with Crippen molar-refractivity contribution in [3.63, 3.8) is 0 Å². The van der Waals surface area contributed by atoms with Gasteiger partial charge in [0.1, 0.15) is 0 Å². The van der Waals surface area contributed by atoms with Gasteiger partial charge in [0.2, 0.25) is 0 Å². The number of aliphatic carboxylic acids is 1. The number of rotatable bonds is 8. The van der Waals surface area contributed by atoms with Gasteiger partial charge in [-0.1, -0.05) is 6.92 Å². The van der Waals surface area contributed by atoms with Crippen molar-refractivity contribution < 1.29 is 14.7 Å². The van der Waals surface area contributed by atoms with Crippen LogP contribution in [0.3, 0.4) is 0 Å². The first-order chi connectivity index (χ1) is 7.54. The summed E-state index contributed by atoms with van der Waals surface area (Å²) in [5.74, 6) is 0.999. The third-order valence-corrected chi connectivity index (χ3v) is 3.08. The maximum Gasteiger partial charge on any atom is 0.304 e. The smallest absolute Gasteiger partial charge is 0.304 e. The van der Waals surface area contributed by atoms with Crippen molar-refractivity contribution in [2.45, 2.75) is 19.8 Å². The lowest BCUT2D eigenvalue weighted by Gasteiger charge is -1.93. The number of carbonyl (C=O) groups excluding carboxylic acids is 1. The largest absolute Gasteiger partial charge is 0.481 e. The predicted molar refractivity (Wildman–Crippen MR) is 89.1 cm³/mol. The summed E-state index contributed by atoms with van der Waals surface area (Å²) in [7, 11) is 9.98. The Morgan fingerprint density at radius 2 is 1.82 bits per heavy atom. The summed E-state index contributed by atoms with van der Waals surface area (Å²) < 4.78 is 0. The van der Waals surface area contributed by atoms with Gasteiger partial charge < -0.3 is 9.90 Å². The van der Waals surface area contributed by atoms with Gasteiger partial charge in [0.15, 0.2) is 7.85 Å². The number of hydrogen-bond acceptors (Lipinski definition) is 4. The number of carboxylic acids is 1. The van der Waals surface area contributed by atoms with Crippen LogP contribution in [-0.4, -0.2) is 55.4 Å². The highest BCUT2D eigenvalue weighted by Crippen LogP contribution is 2.00. The molecular weight excluding hydrogens is 369 g/mol. The van der Waals surface area contributed by atoms with Crippen LogP contribution in [0.2, 0.25) is 0 Å². The van der Waals surface area contributed by atoms with E-state index in [1.165, 1.54) is 23.9 Å². The van der Waals surface area contributed by atoms with Crippen LogP contribution in [0, 0.1) is 0 Å². The zero-order valence-electron chi connectivity index (χ0n) is 9.89. The lowest BCUT2D eigenvalue weighted by Crippen LogP contribution is -2.02. The zero-order valence-corrected chi connectivity index (χ0v) is 13.8. The second-order valence-electron chi connectivity index (χ2n) is 2.74. The van der Waals surface area contributed by atoms with Crippen LogP contribution in [0.4, 0.5) is 0 Å². The van der Waals surface area contributed by atoms with Gasteiger partial charge in [0.05, 0.1) is 19.9 Å². The van der Waals surface area contributed by atoms with Gasteiger partial charge >= 0.3 is 5.97 Å². The van der Waals surface area contributed by atoms with Crippen molar-refractivity contribution in [1.29, 1.82) is 0 Å². The van der Waals surface area contributed by atoms with Gasteiger partial charge in [-0.05, 0) is 17.8 Å². The van der Waals surface area contributed by atoms with E-state index in [-0.39, 0.29) is 36.2 Å². The van der Waals surface area contributed by atoms with E-state index in [2.05, 4.69) is 6.92 Å². The summed E-state index contributed by atoms with van der Waals surface area (Å²) >= 11 is 3.02. The molecule has 0 aliphatic heterocycles. The van der Waals surface area contributed by atoms with Gasteiger partial charge in [-0.3, -0.25) is 4.79 Å². The van der Waals surface area contributed by atoms with Crippen molar-refractivity contribution >= 4 is 74.8 Å². The molecule has 96 valence electrons. The van der Waals surface area contributed by atoms with Crippen LogP contribution in [0.15, 0.2) is 0 Å². The zero-order chi connectivity index (χ0) is 12.8. The Labute approximate surface area is 131 Å². The minimum Gasteiger partial charge on any atom is -0.481 e. The average molecular weight is 386 g/mol. The third-order valence-electron chi connectivity index (χ3n) is 1.17. The fraction of sp³-hybridized carbons (Fsp3) is 0.778. The van der Waals surface area contributed by atoms with Crippen molar-refractivity contribution in [3.8, 4) is 0 Å². The van der Waals surface area contributed by atoms with Gasteiger partial charge in [-0.2, -0.15) is 23.5 Å². The second kappa shape index (κ2) is 19.0. The summed E-state index contributed by atoms with van der Waals surface area (Å²) in [6.45, 7) is 2.16. The predicted octanol–water partition coefficient (Wildman–Crippen LogP) is 1.76. The van der Waals surface area contributed by atoms with E-state index in [1.54, 1.807) is 11.8 Å². The van der Waals surface area contributed by atoms with Gasteiger partial charge in [-0.25, -0.2) is 0 Å². The molecule has 8 heteroatoms. The maximum absolute atomic E-state index is 10.1. The lowest BCUT2D eigenvalue weighted by molar-refractivity contribution is -0.136. The molecule has 0 aliphatic carbocycles. The van der Waals surface area contributed by atoms with Crippen LogP contribution in [0.5, 0.6) is 0 Å². The molecule has 0 aromatic rings. The molecule has 0 unspecified atom stereocenters. The Hall–Kier alpha value is 0.700. The van der Waals surface area contributed by atoms with Crippen LogP contribution in [-0.2, 0) is 9.59 Å². The minimum absolute atomic E-state index is 0. The Morgan fingerprint density at radius 1 is 1.24 bits per heavy atom. The van der Waals surface area contributed by atoms with E-state index < -0.39 is 11.7 Å². The molecule has 1 N–H and O–H groups in total. The molecular formula is C9H17B2IO3S2. The van der Waals surface area contributed by atoms with Crippen LogP contribution >= 0.6 is 47.5 Å². The molecule has 0 atom stereocenters. The summed E-state index contributed by atoms with van der Waals surface area (Å²) in [6, 6.07) is 0. The highest BCUT2D eigenvalue weighted by molar-refractivity contribution is 14.0. The fourth-order valence-corrected chi connectivity index (χ4v) is 1.68. The van der Waals surface area contributed by atoms with Crippen LogP contribution in [0.1, 0.15) is 19.8 Å². The van der Waals surface area contributed by atoms with E-state index in [4.69, 9.17) is 20.8 Å². The Balaban J connectivity index is -0.000000244. The number of thioether (sulfide) groups is 2. The molecule has 0 bridgehead atoms. The number of halogens is 1. The fourth-order valence-electron chi connectivity index (χ4n) is 0.560. The maximum atomic E-state index is 10.1. The molecule has 0 rings (SSSR count). The Kier molecular flexibility index (Phi) is 25.6. The Morgan fingerprint density at radius 3 is 2.12 bits per heavy atom. The molecule has 3 nitrogen and oxygen atoms in total.